The van der Waals surface area contributed by atoms with Crippen molar-refractivity contribution in [3.05, 3.63) is 35.4 Å². The first-order chi connectivity index (χ1) is 9.52. The predicted molar refractivity (Wildman–Crippen MR) is 71.4 cm³/mol. The highest BCUT2D eigenvalue weighted by molar-refractivity contribution is 5.29. The molecule has 1 saturated heterocycles. The third-order valence-corrected chi connectivity index (χ3v) is 3.80. The molecule has 1 aromatic rings. The lowest BCUT2D eigenvalue weighted by Gasteiger charge is -2.35. The lowest BCUT2D eigenvalue weighted by atomic mass is 10.00. The van der Waals surface area contributed by atoms with Gasteiger partial charge in [0.25, 0.3) is 0 Å². The summed E-state index contributed by atoms with van der Waals surface area (Å²) in [7, 11) is 1.64. The summed E-state index contributed by atoms with van der Waals surface area (Å²) in [4.78, 5) is 2.11. The molecule has 112 valence electrons. The Morgan fingerprint density at radius 1 is 1.25 bits per heavy atom. The third-order valence-electron chi connectivity index (χ3n) is 3.80. The van der Waals surface area contributed by atoms with Gasteiger partial charge in [-0.3, -0.25) is 4.90 Å². The van der Waals surface area contributed by atoms with E-state index in [1.54, 1.807) is 19.2 Å². The summed E-state index contributed by atoms with van der Waals surface area (Å²) in [6.45, 7) is 1.75. The van der Waals surface area contributed by atoms with Crippen LogP contribution in [-0.2, 0) is 17.5 Å². The SMILES string of the molecule is COC[C@H]1CCCCN1Cc1ccccc1C(F)(F)F. The van der Waals surface area contributed by atoms with Gasteiger partial charge in [0.1, 0.15) is 0 Å². The van der Waals surface area contributed by atoms with E-state index in [-0.39, 0.29) is 6.04 Å². The summed E-state index contributed by atoms with van der Waals surface area (Å²) in [5.41, 5.74) is -0.176. The number of hydrogen-bond donors (Lipinski definition) is 0. The Kier molecular flexibility index (Phi) is 5.05. The molecule has 0 aliphatic carbocycles. The number of benzene rings is 1. The summed E-state index contributed by atoms with van der Waals surface area (Å²) >= 11 is 0. The van der Waals surface area contributed by atoms with Crippen LogP contribution in [0.5, 0.6) is 0 Å². The van der Waals surface area contributed by atoms with Crippen molar-refractivity contribution in [1.82, 2.24) is 4.90 Å². The van der Waals surface area contributed by atoms with Gasteiger partial charge in [-0.2, -0.15) is 13.2 Å². The quantitative estimate of drug-likeness (QED) is 0.837. The smallest absolute Gasteiger partial charge is 0.383 e. The molecule has 1 atom stereocenters. The normalized spacial score (nSPS) is 21.1. The van der Waals surface area contributed by atoms with Gasteiger partial charge in [-0.05, 0) is 31.0 Å². The highest BCUT2D eigenvalue weighted by Gasteiger charge is 2.34. The van der Waals surface area contributed by atoms with Crippen LogP contribution in [0.15, 0.2) is 24.3 Å². The highest BCUT2D eigenvalue weighted by Crippen LogP contribution is 2.33. The number of hydrogen-bond acceptors (Lipinski definition) is 2. The predicted octanol–water partition coefficient (Wildman–Crippen LogP) is 3.71. The Balaban J connectivity index is 2.16. The molecule has 0 aromatic heterocycles. The van der Waals surface area contributed by atoms with Gasteiger partial charge in [0.2, 0.25) is 0 Å². The fraction of sp³-hybridized carbons (Fsp3) is 0.600. The molecule has 0 bridgehead atoms. The van der Waals surface area contributed by atoms with Gasteiger partial charge < -0.3 is 4.74 Å². The maximum Gasteiger partial charge on any atom is 0.416 e. The second kappa shape index (κ2) is 6.59. The zero-order valence-corrected chi connectivity index (χ0v) is 11.6. The second-order valence-corrected chi connectivity index (χ2v) is 5.23. The van der Waals surface area contributed by atoms with Crippen molar-refractivity contribution in [2.24, 2.45) is 0 Å². The molecule has 0 unspecified atom stereocenters. The van der Waals surface area contributed by atoms with Gasteiger partial charge in [0.15, 0.2) is 0 Å². The van der Waals surface area contributed by atoms with Crippen LogP contribution in [0.1, 0.15) is 30.4 Å². The van der Waals surface area contributed by atoms with E-state index in [0.717, 1.165) is 31.9 Å². The van der Waals surface area contributed by atoms with Crippen LogP contribution in [0.25, 0.3) is 0 Å². The van der Waals surface area contributed by atoms with E-state index in [2.05, 4.69) is 4.90 Å². The number of alkyl halides is 3. The molecule has 1 fully saturated rings. The molecule has 0 amide bonds. The Hall–Kier alpha value is -1.07. The van der Waals surface area contributed by atoms with Crippen LogP contribution in [0.3, 0.4) is 0 Å². The molecule has 1 heterocycles. The van der Waals surface area contributed by atoms with Crippen molar-refractivity contribution in [2.75, 3.05) is 20.3 Å². The Morgan fingerprint density at radius 3 is 2.70 bits per heavy atom. The first-order valence-corrected chi connectivity index (χ1v) is 6.90. The Labute approximate surface area is 117 Å². The monoisotopic (exact) mass is 287 g/mol. The van der Waals surface area contributed by atoms with E-state index in [1.807, 2.05) is 0 Å². The standard InChI is InChI=1S/C15H20F3NO/c1-20-11-13-7-4-5-9-19(13)10-12-6-2-3-8-14(12)15(16,17)18/h2-3,6,8,13H,4-5,7,9-11H2,1H3/t13-/m1/s1. The first-order valence-electron chi connectivity index (χ1n) is 6.90. The molecule has 1 aromatic carbocycles. The maximum absolute atomic E-state index is 13.0. The van der Waals surface area contributed by atoms with Crippen LogP contribution in [0.2, 0.25) is 0 Å². The minimum absolute atomic E-state index is 0.218. The van der Waals surface area contributed by atoms with E-state index in [9.17, 15) is 13.2 Å². The lowest BCUT2D eigenvalue weighted by molar-refractivity contribution is -0.138. The van der Waals surface area contributed by atoms with Gasteiger partial charge in [-0.15, -0.1) is 0 Å². The van der Waals surface area contributed by atoms with E-state index < -0.39 is 11.7 Å². The summed E-state index contributed by atoms with van der Waals surface area (Å²) < 4.78 is 44.2. The largest absolute Gasteiger partial charge is 0.416 e. The van der Waals surface area contributed by atoms with E-state index in [4.69, 9.17) is 4.74 Å². The number of likely N-dealkylation sites (tertiary alicyclic amines) is 1. The molecule has 0 saturated carbocycles. The number of methoxy groups -OCH3 is 1. The average molecular weight is 287 g/mol. The van der Waals surface area contributed by atoms with Crippen LogP contribution in [0.4, 0.5) is 13.2 Å². The van der Waals surface area contributed by atoms with Crippen LogP contribution >= 0.6 is 0 Å². The van der Waals surface area contributed by atoms with Gasteiger partial charge in [0.05, 0.1) is 12.2 Å². The summed E-state index contributed by atoms with van der Waals surface area (Å²) in [5, 5.41) is 0. The van der Waals surface area contributed by atoms with Gasteiger partial charge >= 0.3 is 6.18 Å². The Morgan fingerprint density at radius 2 is 2.00 bits per heavy atom. The lowest BCUT2D eigenvalue weighted by Crippen LogP contribution is -2.41. The Bertz CT molecular complexity index is 431. The third kappa shape index (κ3) is 3.73. The van der Waals surface area contributed by atoms with E-state index in [0.29, 0.717) is 18.7 Å². The fourth-order valence-electron chi connectivity index (χ4n) is 2.80. The van der Waals surface area contributed by atoms with Crippen LogP contribution < -0.4 is 0 Å². The average Bonchev–Trinajstić information content (AvgIpc) is 2.41. The van der Waals surface area contributed by atoms with Crippen molar-refractivity contribution >= 4 is 0 Å². The van der Waals surface area contributed by atoms with Crippen LogP contribution in [-0.4, -0.2) is 31.2 Å². The molecule has 1 aliphatic heterocycles. The number of halogens is 3. The van der Waals surface area contributed by atoms with Crippen molar-refractivity contribution < 1.29 is 17.9 Å². The van der Waals surface area contributed by atoms with E-state index in [1.165, 1.54) is 6.07 Å². The summed E-state index contributed by atoms with van der Waals surface area (Å²) in [6, 6.07) is 6.05. The van der Waals surface area contributed by atoms with Gasteiger partial charge in [-0.1, -0.05) is 24.6 Å². The molecule has 5 heteroatoms. The minimum atomic E-state index is -4.29. The molecule has 1 aliphatic rings. The highest BCUT2D eigenvalue weighted by atomic mass is 19.4. The maximum atomic E-state index is 13.0. The van der Waals surface area contributed by atoms with Gasteiger partial charge in [0, 0.05) is 19.7 Å². The zero-order chi connectivity index (χ0) is 14.6. The molecule has 2 nitrogen and oxygen atoms in total. The van der Waals surface area contributed by atoms with Crippen molar-refractivity contribution in [1.29, 1.82) is 0 Å². The van der Waals surface area contributed by atoms with E-state index >= 15 is 0 Å². The molecular formula is C15H20F3NO. The second-order valence-electron chi connectivity index (χ2n) is 5.23. The molecule has 0 N–H and O–H groups in total. The number of piperidine rings is 1. The zero-order valence-electron chi connectivity index (χ0n) is 11.6. The fourth-order valence-corrected chi connectivity index (χ4v) is 2.80. The minimum Gasteiger partial charge on any atom is -0.383 e. The summed E-state index contributed by atoms with van der Waals surface area (Å²) in [5.74, 6) is 0. The number of nitrogens with zero attached hydrogens (tertiary/aromatic N) is 1. The first kappa shape index (κ1) is 15.3. The van der Waals surface area contributed by atoms with Crippen molar-refractivity contribution in [3.63, 3.8) is 0 Å². The van der Waals surface area contributed by atoms with Crippen molar-refractivity contribution in [2.45, 2.75) is 38.0 Å². The van der Waals surface area contributed by atoms with Gasteiger partial charge in [-0.25, -0.2) is 0 Å². The summed E-state index contributed by atoms with van der Waals surface area (Å²) in [6.07, 6.45) is -1.15. The molecule has 2 rings (SSSR count). The topological polar surface area (TPSA) is 12.5 Å². The van der Waals surface area contributed by atoms with Crippen LogP contribution in [0, 0.1) is 0 Å². The number of rotatable bonds is 4. The molecule has 0 spiro atoms. The molecular weight excluding hydrogens is 267 g/mol. The molecule has 20 heavy (non-hydrogen) atoms. The molecule has 0 radical (unpaired) electrons. The number of ether oxygens (including phenoxy) is 1. The van der Waals surface area contributed by atoms with Crippen molar-refractivity contribution in [3.8, 4) is 0 Å².